The molecule has 0 radical (unpaired) electrons. The number of rotatable bonds is 8. The van der Waals surface area contributed by atoms with Crippen LogP contribution in [-0.4, -0.2) is 44.9 Å². The molecular weight excluding hydrogens is 553 g/mol. The first-order valence-electron chi connectivity index (χ1n) is 11.8. The van der Waals surface area contributed by atoms with E-state index in [4.69, 9.17) is 0 Å². The Morgan fingerprint density at radius 2 is 2.11 bits per heavy atom. The summed E-state index contributed by atoms with van der Waals surface area (Å²) in [4.78, 5) is 34.8. The molecule has 0 saturated carbocycles. The van der Waals surface area contributed by atoms with Gasteiger partial charge in [0.15, 0.2) is 0 Å². The van der Waals surface area contributed by atoms with Crippen molar-refractivity contribution in [3.8, 4) is 0 Å². The minimum Gasteiger partial charge on any atom is -0.325 e. The van der Waals surface area contributed by atoms with Crippen molar-refractivity contribution in [2.45, 2.75) is 56.1 Å². The lowest BCUT2D eigenvalue weighted by Gasteiger charge is -2.27. The average molecular weight is 583 g/mol. The highest BCUT2D eigenvalue weighted by atomic mass is 79.9. The quantitative estimate of drug-likeness (QED) is 0.367. The van der Waals surface area contributed by atoms with Crippen LogP contribution in [0.1, 0.15) is 55.7 Å². The van der Waals surface area contributed by atoms with Crippen molar-refractivity contribution >= 4 is 51.9 Å². The molecular formula is C26H30BrClFN3O2S. The van der Waals surface area contributed by atoms with Crippen molar-refractivity contribution in [3.05, 3.63) is 75.9 Å². The summed E-state index contributed by atoms with van der Waals surface area (Å²) in [6.45, 7) is 3.07. The van der Waals surface area contributed by atoms with Crippen molar-refractivity contribution in [2.24, 2.45) is 0 Å². The molecule has 1 aromatic heterocycles. The fraction of sp³-hybridized carbons (Fsp3) is 0.423. The molecule has 4 rings (SSSR count). The molecule has 1 aliphatic carbocycles. The molecule has 1 aliphatic heterocycles. The number of thioether (sulfide) groups is 1. The zero-order chi connectivity index (χ0) is 24.1. The first-order chi connectivity index (χ1) is 16.5. The molecule has 5 nitrogen and oxygen atoms in total. The summed E-state index contributed by atoms with van der Waals surface area (Å²) in [6, 6.07) is 10.6. The van der Waals surface area contributed by atoms with E-state index in [-0.39, 0.29) is 41.8 Å². The summed E-state index contributed by atoms with van der Waals surface area (Å²) in [6.07, 6.45) is 8.83. The van der Waals surface area contributed by atoms with Gasteiger partial charge in [0.25, 0.3) is 0 Å². The average Bonchev–Trinajstić information content (AvgIpc) is 3.16. The smallest absolute Gasteiger partial charge is 0.237 e. The van der Waals surface area contributed by atoms with Gasteiger partial charge in [0.2, 0.25) is 11.8 Å². The SMILES string of the molecule is CCN(C(=O)CC1SC(c2ccc(F)c(Br)c2)N(CCc2ccccn2)C1=O)C1=CCCCC1.Cl. The maximum Gasteiger partial charge on any atom is 0.237 e. The maximum atomic E-state index is 13.9. The van der Waals surface area contributed by atoms with Crippen LogP contribution in [0.2, 0.25) is 0 Å². The number of halogens is 3. The molecule has 1 fully saturated rings. The van der Waals surface area contributed by atoms with Crippen molar-refractivity contribution in [1.82, 2.24) is 14.8 Å². The summed E-state index contributed by atoms with van der Waals surface area (Å²) >= 11 is 4.75. The lowest BCUT2D eigenvalue weighted by Crippen LogP contribution is -2.37. The number of amides is 2. The van der Waals surface area contributed by atoms with Crippen LogP contribution in [0.3, 0.4) is 0 Å². The summed E-state index contributed by atoms with van der Waals surface area (Å²) in [7, 11) is 0. The number of pyridine rings is 1. The highest BCUT2D eigenvalue weighted by Crippen LogP contribution is 2.45. The second-order valence-corrected chi connectivity index (χ2v) is 10.7. The van der Waals surface area contributed by atoms with Crippen LogP contribution in [0, 0.1) is 5.82 Å². The number of hydrogen-bond acceptors (Lipinski definition) is 4. The second-order valence-electron chi connectivity index (χ2n) is 8.54. The zero-order valence-electron chi connectivity index (χ0n) is 19.7. The molecule has 1 saturated heterocycles. The monoisotopic (exact) mass is 581 g/mol. The van der Waals surface area contributed by atoms with E-state index in [1.54, 1.807) is 18.3 Å². The fourth-order valence-corrected chi connectivity index (χ4v) is 6.39. The number of benzene rings is 1. The van der Waals surface area contributed by atoms with Gasteiger partial charge in [-0.3, -0.25) is 14.6 Å². The molecule has 1 aromatic carbocycles. The maximum absolute atomic E-state index is 13.9. The Kier molecular flexibility index (Phi) is 10.2. The van der Waals surface area contributed by atoms with Crippen LogP contribution >= 0.6 is 40.1 Å². The lowest BCUT2D eigenvalue weighted by atomic mass is 10.0. The Morgan fingerprint density at radius 1 is 1.29 bits per heavy atom. The van der Waals surface area contributed by atoms with Crippen molar-refractivity contribution in [2.75, 3.05) is 13.1 Å². The number of carbonyl (C=O) groups excluding carboxylic acids is 2. The Hall–Kier alpha value is -1.90. The van der Waals surface area contributed by atoms with E-state index < -0.39 is 5.25 Å². The van der Waals surface area contributed by atoms with E-state index in [9.17, 15) is 14.0 Å². The predicted octanol–water partition coefficient (Wildman–Crippen LogP) is 6.29. The molecule has 0 N–H and O–H groups in total. The first-order valence-corrected chi connectivity index (χ1v) is 13.5. The van der Waals surface area contributed by atoms with Crippen molar-refractivity contribution in [3.63, 3.8) is 0 Å². The van der Waals surface area contributed by atoms with Crippen molar-refractivity contribution in [1.29, 1.82) is 0 Å². The predicted molar refractivity (Wildman–Crippen MR) is 144 cm³/mol. The second kappa shape index (κ2) is 12.9. The highest BCUT2D eigenvalue weighted by molar-refractivity contribution is 9.10. The van der Waals surface area contributed by atoms with E-state index >= 15 is 0 Å². The highest BCUT2D eigenvalue weighted by Gasteiger charge is 2.42. The van der Waals surface area contributed by atoms with Gasteiger partial charge in [-0.15, -0.1) is 24.2 Å². The topological polar surface area (TPSA) is 53.5 Å². The zero-order valence-corrected chi connectivity index (χ0v) is 22.9. The van der Waals surface area contributed by atoms with Crippen molar-refractivity contribution < 1.29 is 14.0 Å². The van der Waals surface area contributed by atoms with E-state index in [1.165, 1.54) is 17.8 Å². The Bertz CT molecular complexity index is 1070. The fourth-order valence-electron chi connectivity index (χ4n) is 4.53. The largest absolute Gasteiger partial charge is 0.325 e. The molecule has 0 spiro atoms. The minimum atomic E-state index is -0.469. The molecule has 2 atom stereocenters. The molecule has 2 aliphatic rings. The number of hydrogen-bond donors (Lipinski definition) is 0. The van der Waals surface area contributed by atoms with E-state index in [1.807, 2.05) is 34.9 Å². The molecule has 9 heteroatoms. The van der Waals surface area contributed by atoms with Gasteiger partial charge in [-0.05, 0) is 78.4 Å². The van der Waals surface area contributed by atoms with Gasteiger partial charge in [0.05, 0.1) is 9.72 Å². The summed E-state index contributed by atoms with van der Waals surface area (Å²) in [5, 5.41) is -0.752. The standard InChI is InChI=1S/C26H29BrFN3O2S.ClH/c1-2-30(20-9-4-3-5-10-20)24(32)17-23-25(33)31(15-13-19-8-6-7-14-29-19)26(34-23)18-11-12-22(28)21(27)16-18;/h6-9,11-12,14,16,23,26H,2-5,10,13,15,17H2,1H3;1H. The number of allylic oxidation sites excluding steroid dienone is 2. The van der Waals surface area contributed by atoms with Gasteiger partial charge in [-0.25, -0.2) is 4.39 Å². The third-order valence-corrected chi connectivity index (χ3v) is 8.38. The lowest BCUT2D eigenvalue weighted by molar-refractivity contribution is -0.135. The third-order valence-electron chi connectivity index (χ3n) is 6.29. The van der Waals surface area contributed by atoms with Crippen LogP contribution in [0.25, 0.3) is 0 Å². The van der Waals surface area contributed by atoms with Gasteiger partial charge < -0.3 is 9.80 Å². The van der Waals surface area contributed by atoms with E-state index in [0.29, 0.717) is 24.0 Å². The summed E-state index contributed by atoms with van der Waals surface area (Å²) in [5.41, 5.74) is 2.82. The Balaban J connectivity index is 0.00000342. The number of carbonyl (C=O) groups is 2. The van der Waals surface area contributed by atoms with Crippen LogP contribution < -0.4 is 0 Å². The molecule has 2 heterocycles. The van der Waals surface area contributed by atoms with Gasteiger partial charge in [-0.2, -0.15) is 0 Å². The Labute approximate surface area is 225 Å². The first kappa shape index (κ1) is 27.7. The molecule has 2 aromatic rings. The summed E-state index contributed by atoms with van der Waals surface area (Å²) in [5.74, 6) is -0.398. The Morgan fingerprint density at radius 3 is 2.77 bits per heavy atom. The minimum absolute atomic E-state index is 0. The molecule has 188 valence electrons. The molecule has 0 bridgehead atoms. The van der Waals surface area contributed by atoms with Crippen LogP contribution in [0.15, 0.2) is 58.8 Å². The van der Waals surface area contributed by atoms with Crippen LogP contribution in [0.5, 0.6) is 0 Å². The number of aromatic nitrogens is 1. The summed E-state index contributed by atoms with van der Waals surface area (Å²) < 4.78 is 14.2. The van der Waals surface area contributed by atoms with E-state index in [2.05, 4.69) is 27.0 Å². The van der Waals surface area contributed by atoms with Gasteiger partial charge >= 0.3 is 0 Å². The molecule has 2 unspecified atom stereocenters. The molecule has 35 heavy (non-hydrogen) atoms. The normalized spacial score (nSPS) is 19.8. The van der Waals surface area contributed by atoms with Crippen LogP contribution in [0.4, 0.5) is 4.39 Å². The van der Waals surface area contributed by atoms with Crippen LogP contribution in [-0.2, 0) is 16.0 Å². The van der Waals surface area contributed by atoms with Gasteiger partial charge in [0, 0.05) is 43.5 Å². The number of nitrogens with zero attached hydrogens (tertiary/aromatic N) is 3. The van der Waals surface area contributed by atoms with E-state index in [0.717, 1.165) is 42.6 Å². The molecule has 2 amide bonds. The third kappa shape index (κ3) is 6.66. The van der Waals surface area contributed by atoms with Gasteiger partial charge in [0.1, 0.15) is 11.2 Å². The van der Waals surface area contributed by atoms with Gasteiger partial charge in [-0.1, -0.05) is 18.2 Å².